The molecule has 9 heteroatoms. The van der Waals surface area contributed by atoms with Gasteiger partial charge >= 0.3 is 0 Å². The first-order chi connectivity index (χ1) is 11.3. The summed E-state index contributed by atoms with van der Waals surface area (Å²) in [5, 5.41) is 20.7. The number of phenolic OH excluding ortho intramolecular Hbond substituents is 1. The maximum absolute atomic E-state index is 12.6. The van der Waals surface area contributed by atoms with Gasteiger partial charge in [0.25, 0.3) is 18.0 Å². The van der Waals surface area contributed by atoms with Crippen LogP contribution in [0.1, 0.15) is 23.7 Å². The molecular formula is C15H19F2N3O4. The van der Waals surface area contributed by atoms with E-state index in [-0.39, 0.29) is 42.7 Å². The van der Waals surface area contributed by atoms with Gasteiger partial charge in [0.05, 0.1) is 17.0 Å². The number of alkyl halides is 2. The van der Waals surface area contributed by atoms with Gasteiger partial charge in [-0.3, -0.25) is 19.8 Å². The maximum atomic E-state index is 12.6. The Hall–Kier alpha value is -2.29. The summed E-state index contributed by atoms with van der Waals surface area (Å²) in [5.74, 6) is -0.875. The van der Waals surface area contributed by atoms with E-state index in [4.69, 9.17) is 0 Å². The van der Waals surface area contributed by atoms with Crippen LogP contribution in [0.15, 0.2) is 18.2 Å². The number of amides is 1. The Morgan fingerprint density at radius 1 is 1.46 bits per heavy atom. The van der Waals surface area contributed by atoms with Crippen molar-refractivity contribution in [2.24, 2.45) is 0 Å². The Balaban J connectivity index is 2.16. The van der Waals surface area contributed by atoms with Crippen molar-refractivity contribution in [3.8, 4) is 5.75 Å². The molecule has 1 aromatic rings. The molecule has 0 saturated carbocycles. The summed E-state index contributed by atoms with van der Waals surface area (Å²) in [7, 11) is 0. The highest BCUT2D eigenvalue weighted by Gasteiger charge is 2.31. The van der Waals surface area contributed by atoms with E-state index in [1.54, 1.807) is 4.90 Å². The number of nitrogens with zero attached hydrogens (tertiary/aromatic N) is 3. The van der Waals surface area contributed by atoms with Crippen molar-refractivity contribution in [2.45, 2.75) is 25.8 Å². The molecule has 1 atom stereocenters. The van der Waals surface area contributed by atoms with Crippen molar-refractivity contribution < 1.29 is 23.6 Å². The third-order valence-corrected chi connectivity index (χ3v) is 4.16. The molecule has 0 spiro atoms. The SMILES string of the molecule is CCC1CN(C(=O)c2cc([N+](=O)[O-])ccc2O)CCN1CC(F)F. The quantitative estimate of drug-likeness (QED) is 0.653. The van der Waals surface area contributed by atoms with E-state index in [1.165, 1.54) is 4.90 Å². The number of non-ortho nitro benzene ring substituents is 1. The lowest BCUT2D eigenvalue weighted by atomic mass is 10.1. The number of carbonyl (C=O) groups is 1. The van der Waals surface area contributed by atoms with E-state index in [0.29, 0.717) is 13.0 Å². The van der Waals surface area contributed by atoms with Gasteiger partial charge in [-0.1, -0.05) is 6.92 Å². The van der Waals surface area contributed by atoms with Crippen molar-refractivity contribution in [1.29, 1.82) is 0 Å². The second kappa shape index (κ2) is 7.52. The monoisotopic (exact) mass is 343 g/mol. The third kappa shape index (κ3) is 3.97. The molecule has 0 aromatic heterocycles. The molecule has 0 radical (unpaired) electrons. The zero-order valence-electron chi connectivity index (χ0n) is 13.2. The molecule has 7 nitrogen and oxygen atoms in total. The van der Waals surface area contributed by atoms with Crippen molar-refractivity contribution >= 4 is 11.6 Å². The molecule has 0 bridgehead atoms. The number of phenols is 1. The standard InChI is InChI=1S/C15H19F2N3O4/c1-2-10-8-19(6-5-18(10)9-14(16)17)15(22)12-7-11(20(23)24)3-4-13(12)21/h3-4,7,10,14,21H,2,5-6,8-9H2,1H3. The lowest BCUT2D eigenvalue weighted by Gasteiger charge is -2.41. The lowest BCUT2D eigenvalue weighted by Crippen LogP contribution is -2.55. The van der Waals surface area contributed by atoms with Gasteiger partial charge in [0.2, 0.25) is 0 Å². The van der Waals surface area contributed by atoms with E-state index in [1.807, 2.05) is 6.92 Å². The first-order valence-electron chi connectivity index (χ1n) is 7.62. The second-order valence-electron chi connectivity index (χ2n) is 5.66. The van der Waals surface area contributed by atoms with E-state index >= 15 is 0 Å². The minimum atomic E-state index is -2.44. The normalized spacial score (nSPS) is 18.8. The molecule has 132 valence electrons. The Kier molecular flexibility index (Phi) is 5.66. The van der Waals surface area contributed by atoms with Gasteiger partial charge in [0.1, 0.15) is 5.75 Å². The molecule has 1 N–H and O–H groups in total. The number of rotatable bonds is 5. The van der Waals surface area contributed by atoms with Gasteiger partial charge in [0.15, 0.2) is 0 Å². The van der Waals surface area contributed by atoms with Crippen LogP contribution < -0.4 is 0 Å². The van der Waals surface area contributed by atoms with Gasteiger partial charge < -0.3 is 10.0 Å². The molecule has 1 heterocycles. The Bertz CT molecular complexity index is 627. The van der Waals surface area contributed by atoms with Crippen LogP contribution in [0.2, 0.25) is 0 Å². The van der Waals surface area contributed by atoms with E-state index in [0.717, 1.165) is 18.2 Å². The number of halogens is 2. The summed E-state index contributed by atoms with van der Waals surface area (Å²) in [6.45, 7) is 2.27. The number of nitro groups is 1. The summed E-state index contributed by atoms with van der Waals surface area (Å²) in [4.78, 5) is 25.8. The van der Waals surface area contributed by atoms with Crippen LogP contribution in [0.3, 0.4) is 0 Å². The minimum absolute atomic E-state index is 0.152. The molecule has 1 amide bonds. The van der Waals surface area contributed by atoms with Crippen LogP contribution in [-0.4, -0.2) is 64.4 Å². The van der Waals surface area contributed by atoms with Gasteiger partial charge in [-0.2, -0.15) is 0 Å². The third-order valence-electron chi connectivity index (χ3n) is 4.16. The molecule has 1 unspecified atom stereocenters. The van der Waals surface area contributed by atoms with Crippen molar-refractivity contribution in [2.75, 3.05) is 26.2 Å². The van der Waals surface area contributed by atoms with Gasteiger partial charge in [-0.25, -0.2) is 8.78 Å². The summed E-state index contributed by atoms with van der Waals surface area (Å²) in [5.41, 5.74) is -0.444. The molecule has 0 aliphatic carbocycles. The average Bonchev–Trinajstić information content (AvgIpc) is 2.54. The van der Waals surface area contributed by atoms with Crippen LogP contribution in [0.25, 0.3) is 0 Å². The van der Waals surface area contributed by atoms with Crippen LogP contribution in [0, 0.1) is 10.1 Å². The zero-order chi connectivity index (χ0) is 17.9. The number of hydrogen-bond acceptors (Lipinski definition) is 5. The number of hydrogen-bond donors (Lipinski definition) is 1. The summed E-state index contributed by atoms with van der Waals surface area (Å²) in [6.07, 6.45) is -1.85. The largest absolute Gasteiger partial charge is 0.507 e. The minimum Gasteiger partial charge on any atom is -0.507 e. The highest BCUT2D eigenvalue weighted by Crippen LogP contribution is 2.25. The fraction of sp³-hybridized carbons (Fsp3) is 0.533. The first kappa shape index (κ1) is 18.1. The Labute approximate surface area is 137 Å². The molecule has 24 heavy (non-hydrogen) atoms. The highest BCUT2D eigenvalue weighted by molar-refractivity contribution is 5.97. The number of carbonyl (C=O) groups excluding carboxylic acids is 1. The summed E-state index contributed by atoms with van der Waals surface area (Å²) >= 11 is 0. The maximum Gasteiger partial charge on any atom is 0.270 e. The van der Waals surface area contributed by atoms with Crippen LogP contribution in [0.5, 0.6) is 5.75 Å². The van der Waals surface area contributed by atoms with Crippen LogP contribution in [-0.2, 0) is 0 Å². The molecule has 1 aliphatic heterocycles. The topological polar surface area (TPSA) is 86.9 Å². The van der Waals surface area contributed by atoms with Crippen molar-refractivity contribution in [3.63, 3.8) is 0 Å². The predicted octanol–water partition coefficient (Wildman–Crippen LogP) is 2.10. The van der Waals surface area contributed by atoms with Crippen molar-refractivity contribution in [3.05, 3.63) is 33.9 Å². The summed E-state index contributed by atoms with van der Waals surface area (Å²) in [6, 6.07) is 3.04. The van der Waals surface area contributed by atoms with Gasteiger partial charge in [-0.15, -0.1) is 0 Å². The number of benzene rings is 1. The molecule has 2 rings (SSSR count). The van der Waals surface area contributed by atoms with Gasteiger partial charge in [0, 0.05) is 37.8 Å². The Morgan fingerprint density at radius 2 is 2.17 bits per heavy atom. The number of aromatic hydroxyl groups is 1. The van der Waals surface area contributed by atoms with Crippen LogP contribution >= 0.6 is 0 Å². The lowest BCUT2D eigenvalue weighted by molar-refractivity contribution is -0.384. The molecule has 1 fully saturated rings. The fourth-order valence-corrected chi connectivity index (χ4v) is 2.86. The average molecular weight is 343 g/mol. The molecule has 1 aliphatic rings. The summed E-state index contributed by atoms with van der Waals surface area (Å²) < 4.78 is 25.2. The number of nitro benzene ring substituents is 1. The predicted molar refractivity (Wildman–Crippen MR) is 82.3 cm³/mol. The van der Waals surface area contributed by atoms with E-state index in [2.05, 4.69) is 0 Å². The second-order valence-corrected chi connectivity index (χ2v) is 5.66. The zero-order valence-corrected chi connectivity index (χ0v) is 13.2. The molecule has 1 saturated heterocycles. The molecule has 1 aromatic carbocycles. The Morgan fingerprint density at radius 3 is 2.75 bits per heavy atom. The fourth-order valence-electron chi connectivity index (χ4n) is 2.86. The van der Waals surface area contributed by atoms with Crippen LogP contribution in [0.4, 0.5) is 14.5 Å². The van der Waals surface area contributed by atoms with Gasteiger partial charge in [-0.05, 0) is 12.5 Å². The van der Waals surface area contributed by atoms with Crippen molar-refractivity contribution in [1.82, 2.24) is 9.80 Å². The van der Waals surface area contributed by atoms with E-state index < -0.39 is 17.3 Å². The first-order valence-corrected chi connectivity index (χ1v) is 7.62. The number of piperazine rings is 1. The molecular weight excluding hydrogens is 324 g/mol. The smallest absolute Gasteiger partial charge is 0.270 e. The van der Waals surface area contributed by atoms with E-state index in [9.17, 15) is 28.8 Å². The highest BCUT2D eigenvalue weighted by atomic mass is 19.3.